The number of amides is 1. The number of carbonyl (C=O) groups excluding carboxylic acids is 1. The molecule has 0 aromatic rings. The summed E-state index contributed by atoms with van der Waals surface area (Å²) in [5.74, 6) is 0.900. The van der Waals surface area contributed by atoms with Crippen LogP contribution in [-0.2, 0) is 9.53 Å². The van der Waals surface area contributed by atoms with Crippen LogP contribution in [0.15, 0.2) is 0 Å². The molecule has 2 aliphatic rings. The first-order valence-corrected chi connectivity index (χ1v) is 8.50. The number of nitrogens with zero attached hydrogens (tertiary/aromatic N) is 2. The van der Waals surface area contributed by atoms with Crippen molar-refractivity contribution in [3.05, 3.63) is 0 Å². The first-order chi connectivity index (χ1) is 9.78. The molecule has 2 fully saturated rings. The van der Waals surface area contributed by atoms with E-state index in [2.05, 4.69) is 25.7 Å². The highest BCUT2D eigenvalue weighted by Crippen LogP contribution is 2.37. The molecule has 1 amide bonds. The first-order valence-electron chi connectivity index (χ1n) is 8.50. The summed E-state index contributed by atoms with van der Waals surface area (Å²) in [6.07, 6.45) is 3.34. The van der Waals surface area contributed by atoms with E-state index in [0.717, 1.165) is 44.9 Å². The van der Waals surface area contributed by atoms with Crippen LogP contribution in [0.4, 0.5) is 0 Å². The molecule has 0 N–H and O–H groups in total. The third-order valence-corrected chi connectivity index (χ3v) is 4.92. The van der Waals surface area contributed by atoms with Gasteiger partial charge in [0.05, 0.1) is 5.60 Å². The third-order valence-electron chi connectivity index (χ3n) is 4.92. The molecular formula is C17H32N2O2. The fraction of sp³-hybridized carbons (Fsp3) is 0.941. The van der Waals surface area contributed by atoms with Gasteiger partial charge in [0, 0.05) is 26.2 Å². The SMILES string of the molecule is CCN1CC2(CCN(CCC(C)C)CC2)OC(C)(C)C1=O. The van der Waals surface area contributed by atoms with Gasteiger partial charge in [-0.15, -0.1) is 0 Å². The molecule has 0 aliphatic carbocycles. The van der Waals surface area contributed by atoms with Gasteiger partial charge in [0.2, 0.25) is 0 Å². The maximum absolute atomic E-state index is 12.3. The number of hydrogen-bond donors (Lipinski definition) is 0. The van der Waals surface area contributed by atoms with Crippen molar-refractivity contribution in [1.29, 1.82) is 0 Å². The van der Waals surface area contributed by atoms with Crippen LogP contribution < -0.4 is 0 Å². The molecule has 0 radical (unpaired) electrons. The highest BCUT2D eigenvalue weighted by atomic mass is 16.5. The van der Waals surface area contributed by atoms with Gasteiger partial charge in [-0.05, 0) is 52.5 Å². The summed E-state index contributed by atoms with van der Waals surface area (Å²) in [7, 11) is 0. The minimum atomic E-state index is -0.672. The molecule has 0 bridgehead atoms. The molecule has 21 heavy (non-hydrogen) atoms. The molecular weight excluding hydrogens is 264 g/mol. The monoisotopic (exact) mass is 296 g/mol. The quantitative estimate of drug-likeness (QED) is 0.799. The summed E-state index contributed by atoms with van der Waals surface area (Å²) < 4.78 is 6.30. The van der Waals surface area contributed by atoms with Gasteiger partial charge in [-0.3, -0.25) is 4.79 Å². The fourth-order valence-electron chi connectivity index (χ4n) is 3.56. The number of carbonyl (C=O) groups is 1. The molecule has 122 valence electrons. The van der Waals surface area contributed by atoms with Gasteiger partial charge < -0.3 is 14.5 Å². The molecule has 0 saturated carbocycles. The molecule has 4 nitrogen and oxygen atoms in total. The van der Waals surface area contributed by atoms with Gasteiger partial charge >= 0.3 is 0 Å². The lowest BCUT2D eigenvalue weighted by Gasteiger charge is -2.52. The van der Waals surface area contributed by atoms with Gasteiger partial charge in [-0.25, -0.2) is 0 Å². The molecule has 4 heteroatoms. The van der Waals surface area contributed by atoms with E-state index in [4.69, 9.17) is 4.74 Å². The van der Waals surface area contributed by atoms with Crippen molar-refractivity contribution >= 4 is 5.91 Å². The smallest absolute Gasteiger partial charge is 0.254 e. The highest BCUT2D eigenvalue weighted by Gasteiger charge is 2.49. The predicted molar refractivity (Wildman–Crippen MR) is 85.3 cm³/mol. The Hall–Kier alpha value is -0.610. The van der Waals surface area contributed by atoms with Crippen LogP contribution in [0, 0.1) is 5.92 Å². The maximum Gasteiger partial charge on any atom is 0.254 e. The van der Waals surface area contributed by atoms with Crippen LogP contribution in [0.5, 0.6) is 0 Å². The summed E-state index contributed by atoms with van der Waals surface area (Å²) in [6, 6.07) is 0. The Bertz CT molecular complexity index is 371. The van der Waals surface area contributed by atoms with Crippen molar-refractivity contribution in [3.63, 3.8) is 0 Å². The summed E-state index contributed by atoms with van der Waals surface area (Å²) in [5.41, 5.74) is -0.796. The summed E-state index contributed by atoms with van der Waals surface area (Å²) >= 11 is 0. The van der Waals surface area contributed by atoms with Crippen molar-refractivity contribution in [2.24, 2.45) is 5.92 Å². The lowest BCUT2D eigenvalue weighted by atomic mass is 9.86. The second kappa shape index (κ2) is 6.25. The Labute approximate surface area is 129 Å². The number of rotatable bonds is 4. The minimum absolute atomic E-state index is 0.123. The molecule has 0 aromatic heterocycles. The van der Waals surface area contributed by atoms with Gasteiger partial charge in [0.15, 0.2) is 0 Å². The van der Waals surface area contributed by atoms with Crippen LogP contribution >= 0.6 is 0 Å². The Morgan fingerprint density at radius 1 is 1.24 bits per heavy atom. The van der Waals surface area contributed by atoms with Crippen molar-refractivity contribution < 1.29 is 9.53 Å². The zero-order chi connectivity index (χ0) is 15.7. The Balaban J connectivity index is 1.97. The molecule has 0 atom stereocenters. The van der Waals surface area contributed by atoms with Crippen molar-refractivity contribution in [1.82, 2.24) is 9.80 Å². The van der Waals surface area contributed by atoms with Gasteiger partial charge in [0.25, 0.3) is 5.91 Å². The predicted octanol–water partition coefficient (Wildman–Crippen LogP) is 2.52. The van der Waals surface area contributed by atoms with E-state index >= 15 is 0 Å². The van der Waals surface area contributed by atoms with Crippen molar-refractivity contribution in [2.75, 3.05) is 32.7 Å². The highest BCUT2D eigenvalue weighted by molar-refractivity contribution is 5.85. The van der Waals surface area contributed by atoms with E-state index in [1.54, 1.807) is 0 Å². The number of hydrogen-bond acceptors (Lipinski definition) is 3. The third kappa shape index (κ3) is 3.78. The van der Waals surface area contributed by atoms with Crippen LogP contribution in [0.3, 0.4) is 0 Å². The lowest BCUT2D eigenvalue weighted by molar-refractivity contribution is -0.216. The van der Waals surface area contributed by atoms with Gasteiger partial charge in [-0.2, -0.15) is 0 Å². The van der Waals surface area contributed by atoms with E-state index in [1.807, 2.05) is 18.7 Å². The normalized spacial score (nSPS) is 25.8. The van der Waals surface area contributed by atoms with Crippen LogP contribution in [0.1, 0.15) is 53.9 Å². The molecule has 0 unspecified atom stereocenters. The number of morpholine rings is 1. The molecule has 2 rings (SSSR count). The second-order valence-electron chi connectivity index (χ2n) is 7.64. The summed E-state index contributed by atoms with van der Waals surface area (Å²) in [4.78, 5) is 16.9. The van der Waals surface area contributed by atoms with Gasteiger partial charge in [0.1, 0.15) is 5.60 Å². The number of ether oxygens (including phenoxy) is 1. The molecule has 2 heterocycles. The molecule has 2 saturated heterocycles. The summed E-state index contributed by atoms with van der Waals surface area (Å²) in [6.45, 7) is 15.4. The Morgan fingerprint density at radius 3 is 2.38 bits per heavy atom. The second-order valence-corrected chi connectivity index (χ2v) is 7.64. The topological polar surface area (TPSA) is 32.8 Å². The number of piperidine rings is 1. The molecule has 0 aromatic carbocycles. The zero-order valence-corrected chi connectivity index (χ0v) is 14.4. The Kier molecular flexibility index (Phi) is 4.99. The lowest BCUT2D eigenvalue weighted by Crippen LogP contribution is -2.65. The van der Waals surface area contributed by atoms with Crippen LogP contribution in [0.2, 0.25) is 0 Å². The van der Waals surface area contributed by atoms with Crippen molar-refractivity contribution in [2.45, 2.75) is 65.1 Å². The average molecular weight is 296 g/mol. The van der Waals surface area contributed by atoms with Crippen LogP contribution in [-0.4, -0.2) is 59.6 Å². The van der Waals surface area contributed by atoms with Crippen molar-refractivity contribution in [3.8, 4) is 0 Å². The fourth-order valence-corrected chi connectivity index (χ4v) is 3.56. The van der Waals surface area contributed by atoms with Crippen LogP contribution in [0.25, 0.3) is 0 Å². The number of likely N-dealkylation sites (tertiary alicyclic amines) is 1. The average Bonchev–Trinajstić information content (AvgIpc) is 2.42. The van der Waals surface area contributed by atoms with E-state index in [1.165, 1.54) is 13.0 Å². The van der Waals surface area contributed by atoms with E-state index in [9.17, 15) is 4.79 Å². The number of likely N-dealkylation sites (N-methyl/N-ethyl adjacent to an activating group) is 1. The summed E-state index contributed by atoms with van der Waals surface area (Å²) in [5, 5.41) is 0. The standard InChI is InChI=1S/C17H32N2O2/c1-6-19-13-17(21-16(4,5)15(19)20)8-11-18(12-9-17)10-7-14(2)3/h14H,6-13H2,1-5H3. The first kappa shape index (κ1) is 16.8. The van der Waals surface area contributed by atoms with E-state index < -0.39 is 5.60 Å². The van der Waals surface area contributed by atoms with E-state index in [0.29, 0.717) is 0 Å². The van der Waals surface area contributed by atoms with E-state index in [-0.39, 0.29) is 11.5 Å². The largest absolute Gasteiger partial charge is 0.357 e. The zero-order valence-electron chi connectivity index (χ0n) is 14.4. The van der Waals surface area contributed by atoms with Gasteiger partial charge in [-0.1, -0.05) is 13.8 Å². The Morgan fingerprint density at radius 2 is 1.86 bits per heavy atom. The maximum atomic E-state index is 12.3. The molecule has 2 aliphatic heterocycles. The molecule has 1 spiro atoms. The minimum Gasteiger partial charge on any atom is -0.357 e.